The summed E-state index contributed by atoms with van der Waals surface area (Å²) >= 11 is 0. The summed E-state index contributed by atoms with van der Waals surface area (Å²) in [6.07, 6.45) is 6.14. The highest BCUT2D eigenvalue weighted by molar-refractivity contribution is 5.30. The summed E-state index contributed by atoms with van der Waals surface area (Å²) in [5, 5.41) is 0. The second-order valence-corrected chi connectivity index (χ2v) is 9.08. The lowest BCUT2D eigenvalue weighted by atomic mass is 9.68. The van der Waals surface area contributed by atoms with Gasteiger partial charge < -0.3 is 4.74 Å². The van der Waals surface area contributed by atoms with E-state index in [2.05, 4.69) is 11.7 Å². The Bertz CT molecular complexity index is 596. The van der Waals surface area contributed by atoms with E-state index in [1.54, 1.807) is 12.1 Å². The second-order valence-electron chi connectivity index (χ2n) is 9.08. The maximum atomic E-state index is 13.0. The number of hydrogen-bond donors (Lipinski definition) is 0. The maximum absolute atomic E-state index is 13.0. The van der Waals surface area contributed by atoms with Crippen molar-refractivity contribution in [3.8, 4) is 5.75 Å². The van der Waals surface area contributed by atoms with E-state index in [0.29, 0.717) is 5.92 Å². The lowest BCUT2D eigenvalue weighted by molar-refractivity contribution is -0.236. The molecule has 0 saturated heterocycles. The summed E-state index contributed by atoms with van der Waals surface area (Å²) in [5.41, 5.74) is 1.13. The smallest absolute Gasteiger partial charge is 0.452 e. The first kappa shape index (κ1) is 22.4. The Morgan fingerprint density at radius 1 is 0.897 bits per heavy atom. The number of ether oxygens (including phenoxy) is 1. The van der Waals surface area contributed by atoms with Gasteiger partial charge in [0.15, 0.2) is 0 Å². The van der Waals surface area contributed by atoms with E-state index in [1.165, 1.54) is 69.9 Å². The van der Waals surface area contributed by atoms with Crippen LogP contribution < -0.4 is 4.74 Å². The van der Waals surface area contributed by atoms with Crippen LogP contribution in [0.3, 0.4) is 0 Å². The molecule has 2 aliphatic carbocycles. The predicted molar refractivity (Wildman–Crippen MR) is 108 cm³/mol. The molecular weight excluding hydrogens is 380 g/mol. The van der Waals surface area contributed by atoms with Gasteiger partial charge in [-0.25, -0.2) is 0 Å². The van der Waals surface area contributed by atoms with Crippen molar-refractivity contribution in [1.82, 2.24) is 0 Å². The highest BCUT2D eigenvalue weighted by Crippen LogP contribution is 2.44. The molecule has 0 heterocycles. The van der Waals surface area contributed by atoms with Gasteiger partial charge in [0.05, 0.1) is 0 Å². The maximum Gasteiger partial charge on any atom is 0.457 e. The quantitative estimate of drug-likeness (QED) is 0.409. The van der Waals surface area contributed by atoms with Crippen molar-refractivity contribution in [2.45, 2.75) is 96.0 Å². The number of benzene rings is 1. The predicted octanol–water partition coefficient (Wildman–Crippen LogP) is 8.19. The van der Waals surface area contributed by atoms with Gasteiger partial charge in [0.2, 0.25) is 0 Å². The van der Waals surface area contributed by atoms with Crippen LogP contribution in [-0.4, -0.2) is 12.5 Å². The summed E-state index contributed by atoms with van der Waals surface area (Å²) in [6.45, 7) is 2.27. The van der Waals surface area contributed by atoms with E-state index in [-0.39, 0.29) is 5.75 Å². The molecule has 3 rings (SSSR count). The Morgan fingerprint density at radius 3 is 1.97 bits per heavy atom. The first-order chi connectivity index (χ1) is 13.9. The fourth-order valence-corrected chi connectivity index (χ4v) is 5.37. The van der Waals surface area contributed by atoms with Gasteiger partial charge in [0, 0.05) is 0 Å². The van der Waals surface area contributed by atoms with Crippen LogP contribution in [0.4, 0.5) is 17.6 Å². The molecule has 0 bridgehead atoms. The molecule has 0 N–H and O–H groups in total. The standard InChI is InChI=1S/C24H34F4O/c1-2-3-4-17-5-7-18(8-6-17)19-9-11-20(12-10-19)21-13-15-22(16-14-21)29-23(25)24(26,27)28/h13-20,23H,2-12H2,1H3/t17-,18-,19-,20-,23?. The zero-order valence-corrected chi connectivity index (χ0v) is 17.4. The number of halogens is 4. The first-order valence-corrected chi connectivity index (χ1v) is 11.3. The van der Waals surface area contributed by atoms with Crippen molar-refractivity contribution in [3.63, 3.8) is 0 Å². The van der Waals surface area contributed by atoms with Crippen molar-refractivity contribution >= 4 is 0 Å². The van der Waals surface area contributed by atoms with Crippen LogP contribution in [-0.2, 0) is 0 Å². The van der Waals surface area contributed by atoms with E-state index in [1.807, 2.05) is 0 Å². The van der Waals surface area contributed by atoms with Crippen molar-refractivity contribution in [2.75, 3.05) is 0 Å². The molecule has 1 aromatic carbocycles. The fourth-order valence-electron chi connectivity index (χ4n) is 5.37. The highest BCUT2D eigenvalue weighted by atomic mass is 19.4. The molecule has 0 spiro atoms. The van der Waals surface area contributed by atoms with Gasteiger partial charge in [-0.1, -0.05) is 51.2 Å². The molecule has 2 fully saturated rings. The number of unbranched alkanes of at least 4 members (excludes halogenated alkanes) is 1. The van der Waals surface area contributed by atoms with Gasteiger partial charge >= 0.3 is 12.5 Å². The summed E-state index contributed by atoms with van der Waals surface area (Å²) in [5.74, 6) is 3.04. The minimum Gasteiger partial charge on any atom is -0.452 e. The monoisotopic (exact) mass is 414 g/mol. The third kappa shape index (κ3) is 6.36. The fraction of sp³-hybridized carbons (Fsp3) is 0.750. The van der Waals surface area contributed by atoms with E-state index in [4.69, 9.17) is 0 Å². The average Bonchev–Trinajstić information content (AvgIpc) is 2.73. The van der Waals surface area contributed by atoms with Gasteiger partial charge in [-0.05, 0) is 79.9 Å². The molecule has 1 atom stereocenters. The van der Waals surface area contributed by atoms with Gasteiger partial charge in [-0.15, -0.1) is 0 Å². The SMILES string of the molecule is CCCC[C@H]1CC[C@H]([C@H]2CC[C@H](c3ccc(OC(F)C(F)(F)F)cc3)CC2)CC1. The van der Waals surface area contributed by atoms with Crippen molar-refractivity contribution in [1.29, 1.82) is 0 Å². The number of rotatable bonds is 7. The molecule has 164 valence electrons. The van der Waals surface area contributed by atoms with E-state index < -0.39 is 12.5 Å². The van der Waals surface area contributed by atoms with E-state index >= 15 is 0 Å². The molecule has 0 aliphatic heterocycles. The van der Waals surface area contributed by atoms with Gasteiger partial charge in [-0.2, -0.15) is 17.6 Å². The largest absolute Gasteiger partial charge is 0.457 e. The third-order valence-electron chi connectivity index (χ3n) is 7.14. The molecule has 0 radical (unpaired) electrons. The Hall–Kier alpha value is -1.26. The minimum atomic E-state index is -4.99. The third-order valence-corrected chi connectivity index (χ3v) is 7.14. The van der Waals surface area contributed by atoms with Gasteiger partial charge in [0.1, 0.15) is 5.75 Å². The molecule has 29 heavy (non-hydrogen) atoms. The topological polar surface area (TPSA) is 9.23 Å². The van der Waals surface area contributed by atoms with Crippen LogP contribution in [0.1, 0.15) is 89.0 Å². The first-order valence-electron chi connectivity index (χ1n) is 11.3. The van der Waals surface area contributed by atoms with Crippen LogP contribution in [0.15, 0.2) is 24.3 Å². The Morgan fingerprint density at radius 2 is 1.45 bits per heavy atom. The molecule has 5 heteroatoms. The Kier molecular flexibility index (Phi) is 7.86. The number of hydrogen-bond acceptors (Lipinski definition) is 1. The zero-order chi connectivity index (χ0) is 20.9. The highest BCUT2D eigenvalue weighted by Gasteiger charge is 2.42. The lowest BCUT2D eigenvalue weighted by Crippen LogP contribution is -2.29. The Labute approximate surface area is 172 Å². The van der Waals surface area contributed by atoms with Crippen molar-refractivity contribution in [3.05, 3.63) is 29.8 Å². The van der Waals surface area contributed by atoms with Crippen molar-refractivity contribution < 1.29 is 22.3 Å². The summed E-state index contributed by atoms with van der Waals surface area (Å²) in [4.78, 5) is 0. The summed E-state index contributed by atoms with van der Waals surface area (Å²) in [7, 11) is 0. The normalized spacial score (nSPS) is 29.4. The van der Waals surface area contributed by atoms with E-state index in [0.717, 1.165) is 36.2 Å². The average molecular weight is 415 g/mol. The molecule has 2 aliphatic rings. The van der Waals surface area contributed by atoms with Gasteiger partial charge in [-0.3, -0.25) is 0 Å². The summed E-state index contributed by atoms with van der Waals surface area (Å²) < 4.78 is 54.2. The molecule has 2 saturated carbocycles. The van der Waals surface area contributed by atoms with E-state index in [9.17, 15) is 17.6 Å². The van der Waals surface area contributed by atoms with Gasteiger partial charge in [0.25, 0.3) is 0 Å². The summed E-state index contributed by atoms with van der Waals surface area (Å²) in [6, 6.07) is 6.50. The van der Waals surface area contributed by atoms with Crippen LogP contribution in [0.2, 0.25) is 0 Å². The molecule has 1 aromatic rings. The Balaban J connectivity index is 1.44. The van der Waals surface area contributed by atoms with Crippen LogP contribution in [0, 0.1) is 17.8 Å². The molecule has 0 aromatic heterocycles. The van der Waals surface area contributed by atoms with Crippen LogP contribution in [0.25, 0.3) is 0 Å². The van der Waals surface area contributed by atoms with Crippen LogP contribution in [0.5, 0.6) is 5.75 Å². The lowest BCUT2D eigenvalue weighted by Gasteiger charge is -2.38. The minimum absolute atomic E-state index is 0.0768. The molecular formula is C24H34F4O. The van der Waals surface area contributed by atoms with Crippen LogP contribution >= 0.6 is 0 Å². The second kappa shape index (κ2) is 10.2. The van der Waals surface area contributed by atoms with Crippen molar-refractivity contribution in [2.24, 2.45) is 17.8 Å². The molecule has 1 unspecified atom stereocenters. The zero-order valence-electron chi connectivity index (χ0n) is 17.4. The molecule has 0 amide bonds. The molecule has 1 nitrogen and oxygen atoms in total. The number of alkyl halides is 4.